The molecule has 1 saturated heterocycles. The number of amides is 1. The number of rotatable bonds is 8. The second kappa shape index (κ2) is 8.40. The van der Waals surface area contributed by atoms with Gasteiger partial charge in [0.2, 0.25) is 0 Å². The van der Waals surface area contributed by atoms with Crippen molar-refractivity contribution in [1.29, 1.82) is 5.41 Å². The monoisotopic (exact) mass is 374 g/mol. The molecule has 0 bridgehead atoms. The van der Waals surface area contributed by atoms with E-state index in [4.69, 9.17) is 5.41 Å². The first-order chi connectivity index (χ1) is 13.7. The number of hydrogen-bond acceptors (Lipinski definition) is 4. The van der Waals surface area contributed by atoms with Gasteiger partial charge in [0.15, 0.2) is 0 Å². The first kappa shape index (κ1) is 18.4. The summed E-state index contributed by atoms with van der Waals surface area (Å²) in [6.45, 7) is 1.83. The Hall–Kier alpha value is -2.92. The van der Waals surface area contributed by atoms with E-state index in [-0.39, 0.29) is 23.7 Å². The van der Waals surface area contributed by atoms with Crippen LogP contribution in [0.15, 0.2) is 72.9 Å². The molecule has 3 N–H and O–H groups in total. The number of carbonyl (C=O) groups is 1. The molecule has 2 aromatic rings. The Morgan fingerprint density at radius 2 is 1.54 bits per heavy atom. The SMILES string of the molecule is N=C(/C=C\NC1CN(C(c2ccccc2)c2ccccc2)C1)C(=O)NC1CC1. The van der Waals surface area contributed by atoms with E-state index in [0.29, 0.717) is 6.04 Å². The molecule has 28 heavy (non-hydrogen) atoms. The number of carbonyl (C=O) groups excluding carboxylic acids is 1. The molecule has 144 valence electrons. The molecule has 2 fully saturated rings. The summed E-state index contributed by atoms with van der Waals surface area (Å²) in [5, 5.41) is 14.0. The van der Waals surface area contributed by atoms with Gasteiger partial charge in [-0.3, -0.25) is 15.1 Å². The van der Waals surface area contributed by atoms with Gasteiger partial charge in [-0.25, -0.2) is 0 Å². The van der Waals surface area contributed by atoms with Crippen LogP contribution < -0.4 is 10.6 Å². The van der Waals surface area contributed by atoms with Gasteiger partial charge in [-0.1, -0.05) is 60.7 Å². The molecule has 5 nitrogen and oxygen atoms in total. The number of nitrogens with one attached hydrogen (secondary N) is 3. The summed E-state index contributed by atoms with van der Waals surface area (Å²) in [6, 6.07) is 22.0. The molecule has 4 rings (SSSR count). The van der Waals surface area contributed by atoms with E-state index in [1.54, 1.807) is 12.3 Å². The van der Waals surface area contributed by atoms with E-state index in [0.717, 1.165) is 25.9 Å². The molecule has 2 aliphatic rings. The van der Waals surface area contributed by atoms with Crippen LogP contribution in [-0.2, 0) is 4.79 Å². The number of nitrogens with zero attached hydrogens (tertiary/aromatic N) is 1. The summed E-state index contributed by atoms with van der Waals surface area (Å²) >= 11 is 0. The van der Waals surface area contributed by atoms with Gasteiger partial charge in [-0.05, 0) is 36.2 Å². The Bertz CT molecular complexity index is 800. The zero-order valence-electron chi connectivity index (χ0n) is 15.8. The summed E-state index contributed by atoms with van der Waals surface area (Å²) in [7, 11) is 0. The third kappa shape index (κ3) is 4.49. The lowest BCUT2D eigenvalue weighted by molar-refractivity contribution is -0.114. The van der Waals surface area contributed by atoms with Crippen molar-refractivity contribution in [1.82, 2.24) is 15.5 Å². The Labute approximate surface area is 166 Å². The van der Waals surface area contributed by atoms with Crippen LogP contribution in [0, 0.1) is 5.41 Å². The van der Waals surface area contributed by atoms with E-state index in [2.05, 4.69) is 64.1 Å². The highest BCUT2D eigenvalue weighted by molar-refractivity contribution is 6.42. The topological polar surface area (TPSA) is 68.2 Å². The maximum absolute atomic E-state index is 11.8. The van der Waals surface area contributed by atoms with Crippen molar-refractivity contribution >= 4 is 11.6 Å². The van der Waals surface area contributed by atoms with E-state index < -0.39 is 0 Å². The van der Waals surface area contributed by atoms with Gasteiger partial charge in [0.1, 0.15) is 5.71 Å². The number of likely N-dealkylation sites (tertiary alicyclic amines) is 1. The normalized spacial score (nSPS) is 17.5. The van der Waals surface area contributed by atoms with Crippen LogP contribution >= 0.6 is 0 Å². The standard InChI is InChI=1S/C23H26N4O/c24-21(23(28)26-19-11-12-19)13-14-25-20-15-27(16-20)22(17-7-3-1-4-8-17)18-9-5-2-6-10-18/h1-10,13-14,19-20,22,24-25H,11-12,15-16H2,(H,26,28)/b14-13-,24-21?. The third-order valence-electron chi connectivity index (χ3n) is 5.24. The zero-order chi connectivity index (χ0) is 19.3. The molecule has 1 aliphatic heterocycles. The number of hydrogen-bond donors (Lipinski definition) is 3. The van der Waals surface area contributed by atoms with Crippen molar-refractivity contribution in [2.45, 2.75) is 31.0 Å². The predicted octanol–water partition coefficient (Wildman–Crippen LogP) is 2.86. The quantitative estimate of drug-likeness (QED) is 0.623. The molecule has 2 aromatic carbocycles. The van der Waals surface area contributed by atoms with Crippen molar-refractivity contribution in [3.05, 3.63) is 84.1 Å². The lowest BCUT2D eigenvalue weighted by Crippen LogP contribution is -2.57. The molecule has 5 heteroatoms. The summed E-state index contributed by atoms with van der Waals surface area (Å²) in [4.78, 5) is 14.2. The zero-order valence-corrected chi connectivity index (χ0v) is 15.8. The van der Waals surface area contributed by atoms with E-state index in [9.17, 15) is 4.79 Å². The number of benzene rings is 2. The van der Waals surface area contributed by atoms with Gasteiger partial charge in [0.25, 0.3) is 5.91 Å². The Kier molecular flexibility index (Phi) is 5.53. The Balaban J connectivity index is 1.32. The van der Waals surface area contributed by atoms with Crippen molar-refractivity contribution in [3.8, 4) is 0 Å². The van der Waals surface area contributed by atoms with Crippen molar-refractivity contribution in [3.63, 3.8) is 0 Å². The summed E-state index contributed by atoms with van der Waals surface area (Å²) in [6.07, 6.45) is 5.34. The molecule has 1 heterocycles. The van der Waals surface area contributed by atoms with Crippen LogP contribution in [0.1, 0.15) is 30.0 Å². The summed E-state index contributed by atoms with van der Waals surface area (Å²) in [5.74, 6) is -0.288. The van der Waals surface area contributed by atoms with Gasteiger partial charge in [-0.2, -0.15) is 0 Å². The van der Waals surface area contributed by atoms with Crippen LogP contribution in [0.3, 0.4) is 0 Å². The fourth-order valence-corrected chi connectivity index (χ4v) is 3.55. The largest absolute Gasteiger partial charge is 0.386 e. The lowest BCUT2D eigenvalue weighted by Gasteiger charge is -2.45. The molecule has 1 aliphatic carbocycles. The Morgan fingerprint density at radius 3 is 2.07 bits per heavy atom. The fraction of sp³-hybridized carbons (Fsp3) is 0.304. The average Bonchev–Trinajstić information content (AvgIpc) is 3.51. The third-order valence-corrected chi connectivity index (χ3v) is 5.24. The van der Waals surface area contributed by atoms with Crippen LogP contribution in [0.5, 0.6) is 0 Å². The maximum atomic E-state index is 11.8. The molecule has 0 spiro atoms. The van der Waals surface area contributed by atoms with Gasteiger partial charge >= 0.3 is 0 Å². The van der Waals surface area contributed by atoms with Crippen LogP contribution in [0.2, 0.25) is 0 Å². The van der Waals surface area contributed by atoms with Gasteiger partial charge in [0, 0.05) is 19.1 Å². The van der Waals surface area contributed by atoms with Crippen LogP contribution in [0.4, 0.5) is 0 Å². The minimum Gasteiger partial charge on any atom is -0.386 e. The summed E-state index contributed by atoms with van der Waals surface area (Å²) < 4.78 is 0. The van der Waals surface area contributed by atoms with Crippen molar-refractivity contribution in [2.75, 3.05) is 13.1 Å². The molecule has 0 unspecified atom stereocenters. The average molecular weight is 374 g/mol. The molecular weight excluding hydrogens is 348 g/mol. The van der Waals surface area contributed by atoms with Crippen LogP contribution in [0.25, 0.3) is 0 Å². The predicted molar refractivity (Wildman–Crippen MR) is 111 cm³/mol. The highest BCUT2D eigenvalue weighted by Crippen LogP contribution is 2.32. The van der Waals surface area contributed by atoms with Gasteiger partial charge < -0.3 is 10.6 Å². The Morgan fingerprint density at radius 1 is 0.964 bits per heavy atom. The van der Waals surface area contributed by atoms with Gasteiger partial charge in [0.05, 0.1) is 12.1 Å². The first-order valence-electron chi connectivity index (χ1n) is 9.86. The van der Waals surface area contributed by atoms with Crippen molar-refractivity contribution < 1.29 is 4.79 Å². The minimum atomic E-state index is -0.288. The molecule has 0 aromatic heterocycles. The van der Waals surface area contributed by atoms with Gasteiger partial charge in [-0.15, -0.1) is 0 Å². The smallest absolute Gasteiger partial charge is 0.269 e. The highest BCUT2D eigenvalue weighted by Gasteiger charge is 2.33. The fourth-order valence-electron chi connectivity index (χ4n) is 3.55. The van der Waals surface area contributed by atoms with E-state index in [1.165, 1.54) is 11.1 Å². The molecular formula is C23H26N4O. The van der Waals surface area contributed by atoms with Crippen LogP contribution in [-0.4, -0.2) is 41.7 Å². The lowest BCUT2D eigenvalue weighted by atomic mass is 9.93. The van der Waals surface area contributed by atoms with E-state index in [1.807, 2.05) is 12.1 Å². The molecule has 1 amide bonds. The molecule has 1 saturated carbocycles. The second-order valence-electron chi connectivity index (χ2n) is 7.54. The summed E-state index contributed by atoms with van der Waals surface area (Å²) in [5.41, 5.74) is 2.59. The second-order valence-corrected chi connectivity index (χ2v) is 7.54. The van der Waals surface area contributed by atoms with Crippen molar-refractivity contribution in [2.24, 2.45) is 0 Å². The minimum absolute atomic E-state index is 0.00188. The molecule has 0 atom stereocenters. The van der Waals surface area contributed by atoms with E-state index >= 15 is 0 Å². The highest BCUT2D eigenvalue weighted by atomic mass is 16.1. The first-order valence-corrected chi connectivity index (χ1v) is 9.86. The molecule has 0 radical (unpaired) electrons. The maximum Gasteiger partial charge on any atom is 0.269 e.